The average Bonchev–Trinajstić information content (AvgIpc) is 2.52. The Morgan fingerprint density at radius 3 is 1.94 bits per heavy atom. The molecule has 1 unspecified atom stereocenters. The fourth-order valence-electron chi connectivity index (χ4n) is 3.20. The number of nitrogens with one attached hydrogen (secondary N) is 1. The van der Waals surface area contributed by atoms with Crippen molar-refractivity contribution in [2.45, 2.75) is 45.8 Å². The van der Waals surface area contributed by atoms with Gasteiger partial charge >= 0.3 is 0 Å². The van der Waals surface area contributed by atoms with Gasteiger partial charge in [-0.3, -0.25) is 0 Å². The number of rotatable bonds is 6. The SMILES string of the molecule is C=CCN[Si](C)(CC=C)C1C(C)=C(C)C(C)=C1C. The highest BCUT2D eigenvalue weighted by atomic mass is 28.3. The normalized spacial score (nSPS) is 20.3. The third-order valence-corrected chi connectivity index (χ3v) is 8.76. The molecular formula is C16H27NSi. The molecule has 0 saturated carbocycles. The predicted octanol–water partition coefficient (Wildman–Crippen LogP) is 4.58. The molecule has 0 aliphatic heterocycles. The molecule has 0 bridgehead atoms. The molecule has 1 atom stereocenters. The van der Waals surface area contributed by atoms with E-state index in [0.717, 1.165) is 12.6 Å². The lowest BCUT2D eigenvalue weighted by atomic mass is 10.1. The second kappa shape index (κ2) is 5.85. The molecule has 1 aliphatic rings. The molecule has 0 amide bonds. The summed E-state index contributed by atoms with van der Waals surface area (Å²) in [6.45, 7) is 20.2. The standard InChI is InChI=1S/C16H27NSi/c1-8-10-17-18(7,11-9-2)16-14(5)12(3)13(4)15(16)6/h8-9,16-17H,1-2,10-11H2,3-7H3. The lowest BCUT2D eigenvalue weighted by Crippen LogP contribution is -2.51. The van der Waals surface area contributed by atoms with Gasteiger partial charge in [0.25, 0.3) is 0 Å². The predicted molar refractivity (Wildman–Crippen MR) is 85.3 cm³/mol. The molecule has 0 fully saturated rings. The Labute approximate surface area is 113 Å². The van der Waals surface area contributed by atoms with E-state index in [-0.39, 0.29) is 0 Å². The summed E-state index contributed by atoms with van der Waals surface area (Å²) in [6.07, 6.45) is 4.03. The Morgan fingerprint density at radius 1 is 1.06 bits per heavy atom. The third-order valence-electron chi connectivity index (χ3n) is 4.47. The van der Waals surface area contributed by atoms with E-state index in [2.05, 4.69) is 58.5 Å². The van der Waals surface area contributed by atoms with Crippen LogP contribution in [0.15, 0.2) is 47.6 Å². The van der Waals surface area contributed by atoms with Crippen LogP contribution in [0.3, 0.4) is 0 Å². The number of hydrogen-bond donors (Lipinski definition) is 1. The Balaban J connectivity index is 3.15. The van der Waals surface area contributed by atoms with Crippen molar-refractivity contribution in [1.82, 2.24) is 4.98 Å². The first kappa shape index (κ1) is 15.2. The van der Waals surface area contributed by atoms with E-state index in [1.807, 2.05) is 6.08 Å². The summed E-state index contributed by atoms with van der Waals surface area (Å²) in [6, 6.07) is 1.10. The Kier molecular flexibility index (Phi) is 4.94. The van der Waals surface area contributed by atoms with Crippen molar-refractivity contribution in [1.29, 1.82) is 0 Å². The molecule has 0 heterocycles. The highest BCUT2D eigenvalue weighted by molar-refractivity contribution is 6.79. The van der Waals surface area contributed by atoms with E-state index in [9.17, 15) is 0 Å². The topological polar surface area (TPSA) is 12.0 Å². The zero-order valence-corrected chi connectivity index (χ0v) is 13.6. The van der Waals surface area contributed by atoms with E-state index >= 15 is 0 Å². The van der Waals surface area contributed by atoms with Crippen LogP contribution in [0.4, 0.5) is 0 Å². The number of allylic oxidation sites excluding steroid dienone is 5. The number of hydrogen-bond acceptors (Lipinski definition) is 1. The summed E-state index contributed by atoms with van der Waals surface area (Å²) in [5.41, 5.74) is 6.69. The molecule has 0 aromatic heterocycles. The molecule has 0 aromatic rings. The molecular weight excluding hydrogens is 234 g/mol. The average molecular weight is 261 g/mol. The van der Waals surface area contributed by atoms with Crippen LogP contribution in [0.2, 0.25) is 18.1 Å². The summed E-state index contributed by atoms with van der Waals surface area (Å²) >= 11 is 0. The molecule has 18 heavy (non-hydrogen) atoms. The summed E-state index contributed by atoms with van der Waals surface area (Å²) in [5, 5.41) is 0. The van der Waals surface area contributed by atoms with Crippen LogP contribution in [0.25, 0.3) is 0 Å². The Hall–Kier alpha value is -0.863. The fourth-order valence-corrected chi connectivity index (χ4v) is 7.34. The molecule has 0 radical (unpaired) electrons. The summed E-state index contributed by atoms with van der Waals surface area (Å²) in [7, 11) is -1.60. The Bertz CT molecular complexity index is 393. The summed E-state index contributed by atoms with van der Waals surface area (Å²) in [5.74, 6) is 0. The molecule has 1 aliphatic carbocycles. The second-order valence-corrected chi connectivity index (χ2v) is 9.80. The highest BCUT2D eigenvalue weighted by Gasteiger charge is 2.41. The highest BCUT2D eigenvalue weighted by Crippen LogP contribution is 2.46. The first-order chi connectivity index (χ1) is 8.39. The lowest BCUT2D eigenvalue weighted by Gasteiger charge is -2.36. The van der Waals surface area contributed by atoms with Gasteiger partial charge in [-0.15, -0.1) is 13.2 Å². The van der Waals surface area contributed by atoms with Gasteiger partial charge in [0.05, 0.1) is 0 Å². The third kappa shape index (κ3) is 2.60. The Morgan fingerprint density at radius 2 is 1.56 bits per heavy atom. The minimum Gasteiger partial charge on any atom is -0.333 e. The van der Waals surface area contributed by atoms with Gasteiger partial charge in [0.2, 0.25) is 0 Å². The maximum atomic E-state index is 3.95. The lowest BCUT2D eigenvalue weighted by molar-refractivity contribution is 0.936. The van der Waals surface area contributed by atoms with Gasteiger partial charge in [0.15, 0.2) is 0 Å². The van der Waals surface area contributed by atoms with Crippen molar-refractivity contribution in [3.63, 3.8) is 0 Å². The van der Waals surface area contributed by atoms with Gasteiger partial charge in [-0.25, -0.2) is 0 Å². The van der Waals surface area contributed by atoms with Crippen LogP contribution in [-0.2, 0) is 0 Å². The zero-order chi connectivity index (χ0) is 13.9. The van der Waals surface area contributed by atoms with Gasteiger partial charge in [-0.2, -0.15) is 0 Å². The largest absolute Gasteiger partial charge is 0.333 e. The van der Waals surface area contributed by atoms with Crippen LogP contribution in [0.1, 0.15) is 27.7 Å². The minimum absolute atomic E-state index is 0.607. The van der Waals surface area contributed by atoms with Crippen LogP contribution in [-0.4, -0.2) is 14.8 Å². The van der Waals surface area contributed by atoms with Gasteiger partial charge in [-0.1, -0.05) is 29.8 Å². The minimum atomic E-state index is -1.60. The van der Waals surface area contributed by atoms with Crippen molar-refractivity contribution in [3.05, 3.63) is 47.6 Å². The second-order valence-electron chi connectivity index (χ2n) is 5.63. The molecule has 1 rings (SSSR count). The quantitative estimate of drug-likeness (QED) is 0.545. The van der Waals surface area contributed by atoms with Gasteiger partial charge in [-0.05, 0) is 44.9 Å². The van der Waals surface area contributed by atoms with E-state index in [0.29, 0.717) is 5.54 Å². The van der Waals surface area contributed by atoms with Crippen LogP contribution in [0.5, 0.6) is 0 Å². The smallest absolute Gasteiger partial charge is 0.137 e. The van der Waals surface area contributed by atoms with Crippen LogP contribution < -0.4 is 4.98 Å². The van der Waals surface area contributed by atoms with E-state index < -0.39 is 8.24 Å². The zero-order valence-electron chi connectivity index (χ0n) is 12.6. The van der Waals surface area contributed by atoms with Gasteiger partial charge in [0, 0.05) is 12.1 Å². The van der Waals surface area contributed by atoms with E-state index in [4.69, 9.17) is 0 Å². The van der Waals surface area contributed by atoms with E-state index in [1.165, 1.54) is 11.1 Å². The van der Waals surface area contributed by atoms with Crippen molar-refractivity contribution in [3.8, 4) is 0 Å². The van der Waals surface area contributed by atoms with Gasteiger partial charge in [0.1, 0.15) is 8.24 Å². The van der Waals surface area contributed by atoms with Crippen LogP contribution in [0, 0.1) is 0 Å². The molecule has 100 valence electrons. The van der Waals surface area contributed by atoms with Crippen molar-refractivity contribution in [2.24, 2.45) is 0 Å². The summed E-state index contributed by atoms with van der Waals surface area (Å²) in [4.78, 5) is 3.77. The molecule has 0 aromatic carbocycles. The maximum absolute atomic E-state index is 3.95. The van der Waals surface area contributed by atoms with Gasteiger partial charge < -0.3 is 4.98 Å². The first-order valence-electron chi connectivity index (χ1n) is 6.71. The van der Waals surface area contributed by atoms with Crippen molar-refractivity contribution in [2.75, 3.05) is 6.54 Å². The van der Waals surface area contributed by atoms with Crippen LogP contribution >= 0.6 is 0 Å². The monoisotopic (exact) mass is 261 g/mol. The molecule has 2 heteroatoms. The van der Waals surface area contributed by atoms with Crippen molar-refractivity contribution >= 4 is 8.24 Å². The van der Waals surface area contributed by atoms with E-state index in [1.54, 1.807) is 11.1 Å². The molecule has 1 nitrogen and oxygen atoms in total. The molecule has 0 spiro atoms. The summed E-state index contributed by atoms with van der Waals surface area (Å²) < 4.78 is 0. The molecule has 1 N–H and O–H groups in total. The maximum Gasteiger partial charge on any atom is 0.137 e. The fraction of sp³-hybridized carbons (Fsp3) is 0.500. The van der Waals surface area contributed by atoms with Crippen molar-refractivity contribution < 1.29 is 0 Å². The molecule has 0 saturated heterocycles. The first-order valence-corrected chi connectivity index (χ1v) is 9.49.